The lowest BCUT2D eigenvalue weighted by atomic mass is 9.73. The van der Waals surface area contributed by atoms with Crippen LogP contribution < -0.4 is 5.73 Å². The van der Waals surface area contributed by atoms with Gasteiger partial charge in [-0.1, -0.05) is 6.92 Å². The zero-order valence-corrected chi connectivity index (χ0v) is 8.21. The molecule has 12 heavy (non-hydrogen) atoms. The zero-order valence-electron chi connectivity index (χ0n) is 8.21. The van der Waals surface area contributed by atoms with E-state index in [9.17, 15) is 0 Å². The Bertz CT molecular complexity index is 173. The van der Waals surface area contributed by atoms with E-state index >= 15 is 0 Å². The third-order valence-electron chi connectivity index (χ3n) is 3.90. The molecule has 2 saturated heterocycles. The summed E-state index contributed by atoms with van der Waals surface area (Å²) in [6.07, 6.45) is 4.00. The van der Waals surface area contributed by atoms with Crippen molar-refractivity contribution >= 4 is 0 Å². The minimum atomic E-state index is 0.431. The summed E-state index contributed by atoms with van der Waals surface area (Å²) in [5, 5.41) is 0. The fraction of sp³-hybridized carbons (Fsp3) is 1.00. The first-order valence-electron chi connectivity index (χ1n) is 5.18. The Labute approximate surface area is 75.1 Å². The van der Waals surface area contributed by atoms with Gasteiger partial charge in [-0.15, -0.1) is 0 Å². The van der Waals surface area contributed by atoms with Gasteiger partial charge in [-0.05, 0) is 32.1 Å². The molecule has 1 unspecified atom stereocenters. The predicted molar refractivity (Wildman–Crippen MR) is 51.0 cm³/mol. The molecule has 2 nitrogen and oxygen atoms in total. The minimum Gasteiger partial charge on any atom is -0.329 e. The maximum Gasteiger partial charge on any atom is 0.0340 e. The second-order valence-corrected chi connectivity index (χ2v) is 4.61. The van der Waals surface area contributed by atoms with Crippen molar-refractivity contribution in [1.82, 2.24) is 4.90 Å². The molecule has 3 rings (SSSR count). The molecule has 1 saturated carbocycles. The number of hydrogen-bond acceptors (Lipinski definition) is 2. The molecular weight excluding hydrogens is 148 g/mol. The molecule has 0 amide bonds. The first-order chi connectivity index (χ1) is 5.72. The fourth-order valence-corrected chi connectivity index (χ4v) is 3.00. The van der Waals surface area contributed by atoms with E-state index in [-0.39, 0.29) is 0 Å². The molecule has 0 aromatic carbocycles. The van der Waals surface area contributed by atoms with Gasteiger partial charge in [0.25, 0.3) is 0 Å². The highest BCUT2D eigenvalue weighted by Crippen LogP contribution is 2.50. The second kappa shape index (κ2) is 2.71. The molecule has 3 fully saturated rings. The number of nitrogens with zero attached hydrogens (tertiary/aromatic N) is 1. The Hall–Kier alpha value is -0.0800. The van der Waals surface area contributed by atoms with E-state index in [1.54, 1.807) is 0 Å². The van der Waals surface area contributed by atoms with Crippen molar-refractivity contribution in [2.24, 2.45) is 11.7 Å². The van der Waals surface area contributed by atoms with Crippen LogP contribution in [0.4, 0.5) is 0 Å². The monoisotopic (exact) mass is 168 g/mol. The van der Waals surface area contributed by atoms with Crippen LogP contribution >= 0.6 is 0 Å². The van der Waals surface area contributed by atoms with Crippen LogP contribution in [-0.4, -0.2) is 29.6 Å². The fourth-order valence-electron chi connectivity index (χ4n) is 3.00. The molecule has 2 bridgehead atoms. The van der Waals surface area contributed by atoms with Crippen LogP contribution in [0, 0.1) is 5.92 Å². The minimum absolute atomic E-state index is 0.431. The Morgan fingerprint density at radius 3 is 2.75 bits per heavy atom. The Morgan fingerprint density at radius 2 is 2.25 bits per heavy atom. The van der Waals surface area contributed by atoms with Crippen molar-refractivity contribution in [2.45, 2.75) is 44.7 Å². The molecule has 0 spiro atoms. The molecule has 2 heteroatoms. The summed E-state index contributed by atoms with van der Waals surface area (Å²) in [7, 11) is 0. The molecule has 2 heterocycles. The molecule has 1 atom stereocenters. The van der Waals surface area contributed by atoms with E-state index < -0.39 is 0 Å². The normalized spacial score (nSPS) is 42.8. The van der Waals surface area contributed by atoms with E-state index in [1.165, 1.54) is 25.8 Å². The van der Waals surface area contributed by atoms with Crippen LogP contribution in [0.1, 0.15) is 33.1 Å². The largest absolute Gasteiger partial charge is 0.329 e. The van der Waals surface area contributed by atoms with Crippen LogP contribution in [0.3, 0.4) is 0 Å². The molecule has 2 aliphatic heterocycles. The summed E-state index contributed by atoms with van der Waals surface area (Å²) in [4.78, 5) is 2.65. The lowest BCUT2D eigenvalue weighted by Gasteiger charge is -2.43. The third-order valence-corrected chi connectivity index (χ3v) is 3.90. The van der Waals surface area contributed by atoms with Gasteiger partial charge in [-0.2, -0.15) is 0 Å². The molecule has 3 aliphatic rings. The predicted octanol–water partition coefficient (Wildman–Crippen LogP) is 1.21. The molecular formula is C10H20N2. The van der Waals surface area contributed by atoms with E-state index in [2.05, 4.69) is 18.7 Å². The Balaban J connectivity index is 2.07. The average molecular weight is 168 g/mol. The van der Waals surface area contributed by atoms with Crippen LogP contribution in [0.15, 0.2) is 0 Å². The van der Waals surface area contributed by atoms with Crippen molar-refractivity contribution < 1.29 is 0 Å². The zero-order chi connectivity index (χ0) is 8.77. The smallest absolute Gasteiger partial charge is 0.0340 e. The van der Waals surface area contributed by atoms with Gasteiger partial charge in [0.1, 0.15) is 0 Å². The number of fused-ring (bicyclic) bond motifs is 1. The first kappa shape index (κ1) is 8.52. The summed E-state index contributed by atoms with van der Waals surface area (Å²) >= 11 is 0. The standard InChI is InChI=1S/C10H20N2/c1-3-8(2)12-6-9-4-10(12,5-9)7-11/h8-9H,3-7,11H2,1-2H3. The van der Waals surface area contributed by atoms with Gasteiger partial charge in [0, 0.05) is 24.7 Å². The molecule has 0 aromatic rings. The first-order valence-corrected chi connectivity index (χ1v) is 5.18. The highest BCUT2D eigenvalue weighted by atomic mass is 15.3. The second-order valence-electron chi connectivity index (χ2n) is 4.61. The molecule has 0 radical (unpaired) electrons. The lowest BCUT2D eigenvalue weighted by Crippen LogP contribution is -2.54. The van der Waals surface area contributed by atoms with Gasteiger partial charge in [0.2, 0.25) is 0 Å². The van der Waals surface area contributed by atoms with Crippen LogP contribution in [0.25, 0.3) is 0 Å². The van der Waals surface area contributed by atoms with E-state index in [1.807, 2.05) is 0 Å². The van der Waals surface area contributed by atoms with Gasteiger partial charge in [-0.25, -0.2) is 0 Å². The van der Waals surface area contributed by atoms with Gasteiger partial charge in [-0.3, -0.25) is 4.90 Å². The SMILES string of the molecule is CCC(C)N1CC2CC1(CN)C2. The van der Waals surface area contributed by atoms with Crippen molar-refractivity contribution in [3.63, 3.8) is 0 Å². The highest BCUT2D eigenvalue weighted by Gasteiger charge is 2.55. The number of nitrogens with two attached hydrogens (primary N) is 1. The van der Waals surface area contributed by atoms with Gasteiger partial charge in [0.05, 0.1) is 0 Å². The van der Waals surface area contributed by atoms with Crippen molar-refractivity contribution in [3.05, 3.63) is 0 Å². The van der Waals surface area contributed by atoms with Crippen molar-refractivity contribution in [3.8, 4) is 0 Å². The number of hydrogen-bond donors (Lipinski definition) is 1. The van der Waals surface area contributed by atoms with Crippen LogP contribution in [0.2, 0.25) is 0 Å². The Kier molecular flexibility index (Phi) is 1.92. The van der Waals surface area contributed by atoms with Crippen LogP contribution in [0.5, 0.6) is 0 Å². The summed E-state index contributed by atoms with van der Waals surface area (Å²) in [6, 6.07) is 0.737. The quantitative estimate of drug-likeness (QED) is 0.686. The van der Waals surface area contributed by atoms with Gasteiger partial charge in [0.15, 0.2) is 0 Å². The molecule has 1 aliphatic carbocycles. The third kappa shape index (κ3) is 0.944. The summed E-state index contributed by atoms with van der Waals surface area (Å²) in [5.41, 5.74) is 6.28. The summed E-state index contributed by atoms with van der Waals surface area (Å²) in [6.45, 7) is 6.78. The Morgan fingerprint density at radius 1 is 1.58 bits per heavy atom. The summed E-state index contributed by atoms with van der Waals surface area (Å²) in [5.74, 6) is 0.975. The summed E-state index contributed by atoms with van der Waals surface area (Å²) < 4.78 is 0. The van der Waals surface area contributed by atoms with Gasteiger partial charge < -0.3 is 5.73 Å². The molecule has 2 N–H and O–H groups in total. The number of rotatable bonds is 3. The lowest BCUT2D eigenvalue weighted by molar-refractivity contribution is 0.0828. The van der Waals surface area contributed by atoms with E-state index in [0.717, 1.165) is 18.5 Å². The van der Waals surface area contributed by atoms with Gasteiger partial charge >= 0.3 is 0 Å². The average Bonchev–Trinajstić information content (AvgIpc) is 2.55. The maximum atomic E-state index is 5.85. The van der Waals surface area contributed by atoms with E-state index in [0.29, 0.717) is 5.54 Å². The molecule has 70 valence electrons. The maximum absolute atomic E-state index is 5.85. The van der Waals surface area contributed by atoms with Crippen molar-refractivity contribution in [1.29, 1.82) is 0 Å². The van der Waals surface area contributed by atoms with Crippen molar-refractivity contribution in [2.75, 3.05) is 13.1 Å². The van der Waals surface area contributed by atoms with Crippen LogP contribution in [-0.2, 0) is 0 Å². The van der Waals surface area contributed by atoms with E-state index in [4.69, 9.17) is 5.73 Å². The highest BCUT2D eigenvalue weighted by molar-refractivity contribution is 5.11. The molecule has 0 aromatic heterocycles. The topological polar surface area (TPSA) is 29.3 Å².